The molecule has 0 saturated carbocycles. The van der Waals surface area contributed by atoms with Crippen molar-refractivity contribution < 1.29 is 17.6 Å². The van der Waals surface area contributed by atoms with Gasteiger partial charge in [-0.15, -0.1) is 0 Å². The fourth-order valence-corrected chi connectivity index (χ4v) is 2.77. The molecular formula is C13H20FN3O3S. The number of nitrogens with one attached hydrogen (secondary N) is 2. The van der Waals surface area contributed by atoms with Gasteiger partial charge in [0.15, 0.2) is 11.6 Å². The number of sulfone groups is 1. The first kappa shape index (κ1) is 17.4. The van der Waals surface area contributed by atoms with Crippen LogP contribution in [0.2, 0.25) is 0 Å². The van der Waals surface area contributed by atoms with Crippen molar-refractivity contribution in [2.45, 2.75) is 26.3 Å². The third kappa shape index (κ3) is 5.66. The number of aromatic nitrogens is 1. The Kier molecular flexibility index (Phi) is 6.07. The Balaban J connectivity index is 2.83. The number of rotatable bonds is 7. The molecule has 0 fully saturated rings. The number of carbonyl (C=O) groups is 1. The molecule has 1 aromatic rings. The van der Waals surface area contributed by atoms with Crippen molar-refractivity contribution in [2.75, 3.05) is 23.9 Å². The van der Waals surface area contributed by atoms with Gasteiger partial charge >= 0.3 is 0 Å². The molecule has 0 radical (unpaired) electrons. The van der Waals surface area contributed by atoms with Crippen LogP contribution in [0.5, 0.6) is 0 Å². The molecule has 1 heterocycles. The van der Waals surface area contributed by atoms with E-state index < -0.39 is 27.6 Å². The third-order valence-corrected chi connectivity index (χ3v) is 3.71. The first-order chi connectivity index (χ1) is 9.74. The Morgan fingerprint density at radius 1 is 1.48 bits per heavy atom. The fourth-order valence-electron chi connectivity index (χ4n) is 1.78. The van der Waals surface area contributed by atoms with Crippen molar-refractivity contribution in [3.05, 3.63) is 23.6 Å². The summed E-state index contributed by atoms with van der Waals surface area (Å²) in [7, 11) is -3.21. The quantitative estimate of drug-likeness (QED) is 0.789. The average molecular weight is 317 g/mol. The zero-order valence-corrected chi connectivity index (χ0v) is 13.1. The summed E-state index contributed by atoms with van der Waals surface area (Å²) < 4.78 is 36.4. The number of carbonyl (C=O) groups excluding carboxylic acids is 1. The summed E-state index contributed by atoms with van der Waals surface area (Å²) in [6, 6.07) is 0.654. The Morgan fingerprint density at radius 2 is 2.14 bits per heavy atom. The van der Waals surface area contributed by atoms with Crippen LogP contribution in [-0.4, -0.2) is 43.9 Å². The largest absolute Gasteiger partial charge is 0.368 e. The molecule has 118 valence electrons. The third-order valence-electron chi connectivity index (χ3n) is 2.61. The highest BCUT2D eigenvalue weighted by Crippen LogP contribution is 2.15. The number of hydrogen-bond acceptors (Lipinski definition) is 5. The Labute approximate surface area is 124 Å². The summed E-state index contributed by atoms with van der Waals surface area (Å²) in [6.07, 6.45) is 3.20. The van der Waals surface area contributed by atoms with E-state index in [9.17, 15) is 17.6 Å². The molecule has 21 heavy (non-hydrogen) atoms. The van der Waals surface area contributed by atoms with E-state index in [2.05, 4.69) is 15.6 Å². The maximum absolute atomic E-state index is 14.1. The van der Waals surface area contributed by atoms with Gasteiger partial charge in [-0.25, -0.2) is 17.8 Å². The molecule has 0 bridgehead atoms. The molecule has 0 saturated heterocycles. The lowest BCUT2D eigenvalue weighted by Crippen LogP contribution is -2.37. The monoisotopic (exact) mass is 317 g/mol. The minimum absolute atomic E-state index is 0.0141. The highest BCUT2D eigenvalue weighted by Gasteiger charge is 2.19. The van der Waals surface area contributed by atoms with E-state index in [1.807, 2.05) is 6.92 Å². The Morgan fingerprint density at radius 3 is 2.71 bits per heavy atom. The predicted molar refractivity (Wildman–Crippen MR) is 79.6 cm³/mol. The number of anilines is 1. The second-order valence-corrected chi connectivity index (χ2v) is 7.10. The minimum atomic E-state index is -3.21. The van der Waals surface area contributed by atoms with E-state index >= 15 is 0 Å². The van der Waals surface area contributed by atoms with E-state index in [1.54, 1.807) is 6.92 Å². The normalized spacial score (nSPS) is 12.8. The minimum Gasteiger partial charge on any atom is -0.368 e. The van der Waals surface area contributed by atoms with E-state index in [1.165, 1.54) is 12.3 Å². The molecule has 1 atom stereocenters. The van der Waals surface area contributed by atoms with Gasteiger partial charge in [0.2, 0.25) is 0 Å². The number of pyridine rings is 1. The van der Waals surface area contributed by atoms with Crippen LogP contribution in [0.25, 0.3) is 0 Å². The molecule has 1 unspecified atom stereocenters. The summed E-state index contributed by atoms with van der Waals surface area (Å²) in [5, 5.41) is 5.25. The highest BCUT2D eigenvalue weighted by molar-refractivity contribution is 7.90. The Hall–Kier alpha value is -1.70. The zero-order valence-electron chi connectivity index (χ0n) is 12.3. The Bertz CT molecular complexity index is 605. The maximum atomic E-state index is 14.1. The van der Waals surface area contributed by atoms with Gasteiger partial charge in [0.1, 0.15) is 9.84 Å². The lowest BCUT2D eigenvalue weighted by molar-refractivity contribution is 0.0939. The summed E-state index contributed by atoms with van der Waals surface area (Å²) in [5.74, 6) is -1.59. The molecule has 1 rings (SSSR count). The van der Waals surface area contributed by atoms with Gasteiger partial charge in [-0.1, -0.05) is 6.92 Å². The van der Waals surface area contributed by atoms with Crippen molar-refractivity contribution in [3.63, 3.8) is 0 Å². The first-order valence-corrected chi connectivity index (χ1v) is 8.67. The molecule has 0 aliphatic heterocycles. The van der Waals surface area contributed by atoms with Crippen LogP contribution in [0.4, 0.5) is 10.2 Å². The van der Waals surface area contributed by atoms with Crippen molar-refractivity contribution in [1.82, 2.24) is 10.3 Å². The van der Waals surface area contributed by atoms with Crippen LogP contribution in [0.1, 0.15) is 30.6 Å². The van der Waals surface area contributed by atoms with Gasteiger partial charge in [0, 0.05) is 25.0 Å². The van der Waals surface area contributed by atoms with E-state index in [4.69, 9.17) is 0 Å². The van der Waals surface area contributed by atoms with Gasteiger partial charge in [-0.05, 0) is 19.4 Å². The van der Waals surface area contributed by atoms with Gasteiger partial charge in [0.25, 0.3) is 5.91 Å². The molecule has 1 amide bonds. The predicted octanol–water partition coefficient (Wildman–Crippen LogP) is 1.21. The van der Waals surface area contributed by atoms with Crippen molar-refractivity contribution in [2.24, 2.45) is 0 Å². The molecule has 6 nitrogen and oxygen atoms in total. The summed E-state index contributed by atoms with van der Waals surface area (Å²) in [6.45, 7) is 4.02. The fraction of sp³-hybridized carbons (Fsp3) is 0.538. The number of nitrogens with zero attached hydrogens (tertiary/aromatic N) is 1. The second-order valence-electron chi connectivity index (χ2n) is 4.91. The molecule has 0 aliphatic rings. The van der Waals surface area contributed by atoms with Crippen molar-refractivity contribution in [3.8, 4) is 0 Å². The molecule has 2 N–H and O–H groups in total. The van der Waals surface area contributed by atoms with Crippen LogP contribution in [0.15, 0.2) is 12.3 Å². The smallest absolute Gasteiger partial charge is 0.254 e. The van der Waals surface area contributed by atoms with E-state index in [-0.39, 0.29) is 17.1 Å². The SMILES string of the molecule is CCCNc1nccc(C(=O)NC(C)CS(C)(=O)=O)c1F. The molecule has 8 heteroatoms. The van der Waals surface area contributed by atoms with Crippen LogP contribution >= 0.6 is 0 Å². The van der Waals surface area contributed by atoms with Crippen molar-refractivity contribution >= 4 is 21.6 Å². The zero-order chi connectivity index (χ0) is 16.0. The lowest BCUT2D eigenvalue weighted by atomic mass is 10.2. The first-order valence-electron chi connectivity index (χ1n) is 6.61. The van der Waals surface area contributed by atoms with Crippen LogP contribution < -0.4 is 10.6 Å². The summed E-state index contributed by atoms with van der Waals surface area (Å²) in [5.41, 5.74) is -0.163. The molecular weight excluding hydrogens is 297 g/mol. The lowest BCUT2D eigenvalue weighted by Gasteiger charge is -2.14. The van der Waals surface area contributed by atoms with E-state index in [0.29, 0.717) is 6.54 Å². The molecule has 0 aromatic carbocycles. The van der Waals surface area contributed by atoms with Crippen LogP contribution in [0, 0.1) is 5.82 Å². The van der Waals surface area contributed by atoms with E-state index in [0.717, 1.165) is 12.7 Å². The standard InChI is InChI=1S/C13H20FN3O3S/c1-4-6-15-12-11(14)10(5-7-16-12)13(18)17-9(2)8-21(3,19)20/h5,7,9H,4,6,8H2,1-3H3,(H,15,16)(H,17,18). The van der Waals surface area contributed by atoms with Crippen LogP contribution in [0.3, 0.4) is 0 Å². The highest BCUT2D eigenvalue weighted by atomic mass is 32.2. The van der Waals surface area contributed by atoms with Gasteiger partial charge in [-0.3, -0.25) is 4.79 Å². The van der Waals surface area contributed by atoms with Gasteiger partial charge < -0.3 is 10.6 Å². The second kappa shape index (κ2) is 7.35. The van der Waals surface area contributed by atoms with Crippen LogP contribution in [-0.2, 0) is 9.84 Å². The molecule has 0 aliphatic carbocycles. The summed E-state index contributed by atoms with van der Waals surface area (Å²) >= 11 is 0. The number of amides is 1. The van der Waals surface area contributed by atoms with Crippen molar-refractivity contribution in [1.29, 1.82) is 0 Å². The topological polar surface area (TPSA) is 88.2 Å². The maximum Gasteiger partial charge on any atom is 0.254 e. The average Bonchev–Trinajstić information content (AvgIpc) is 2.35. The number of hydrogen-bond donors (Lipinski definition) is 2. The van der Waals surface area contributed by atoms with Gasteiger partial charge in [0.05, 0.1) is 11.3 Å². The van der Waals surface area contributed by atoms with Gasteiger partial charge in [-0.2, -0.15) is 0 Å². The molecule has 0 spiro atoms. The summed E-state index contributed by atoms with van der Waals surface area (Å²) in [4.78, 5) is 15.8. The molecule has 1 aromatic heterocycles. The number of halogens is 1.